The highest BCUT2D eigenvalue weighted by Gasteiger charge is 1.88. The van der Waals surface area contributed by atoms with Gasteiger partial charge in [0.25, 0.3) is 0 Å². The van der Waals surface area contributed by atoms with Crippen molar-refractivity contribution >= 4 is 0 Å². The third-order valence-electron chi connectivity index (χ3n) is 1.74. The maximum atomic E-state index is 8.77. The molecule has 0 spiro atoms. The van der Waals surface area contributed by atoms with Crippen molar-refractivity contribution in [3.05, 3.63) is 35.5 Å². The molecule has 0 aromatic rings. The lowest BCUT2D eigenvalue weighted by molar-refractivity contribution is 1.10. The van der Waals surface area contributed by atoms with Crippen LogP contribution in [-0.2, 0) is 0 Å². The van der Waals surface area contributed by atoms with Crippen LogP contribution in [-0.4, -0.2) is 0 Å². The molecule has 0 radical (unpaired) electrons. The summed E-state index contributed by atoms with van der Waals surface area (Å²) in [4.78, 5) is 0. The Labute approximate surface area is 94.8 Å². The number of nitrogens with zero attached hydrogens (tertiary/aromatic N) is 1. The first-order valence-corrected chi connectivity index (χ1v) is 5.68. The molecule has 0 unspecified atom stereocenters. The minimum Gasteiger partial charge on any atom is -0.192 e. The summed E-state index contributed by atoms with van der Waals surface area (Å²) in [6, 6.07) is 2.16. The molecular formula is C14H23N. The van der Waals surface area contributed by atoms with Gasteiger partial charge in [0.1, 0.15) is 0 Å². The second-order valence-electron chi connectivity index (χ2n) is 2.91. The Kier molecular flexibility index (Phi) is 13.7. The van der Waals surface area contributed by atoms with E-state index in [1.807, 2.05) is 45.1 Å². The van der Waals surface area contributed by atoms with Gasteiger partial charge in [-0.05, 0) is 31.9 Å². The van der Waals surface area contributed by atoms with Gasteiger partial charge in [0, 0.05) is 0 Å². The molecule has 0 saturated heterocycles. The highest BCUT2D eigenvalue weighted by atomic mass is 14.2. The monoisotopic (exact) mass is 205 g/mol. The molecule has 0 bridgehead atoms. The Bertz CT molecular complexity index is 262. The van der Waals surface area contributed by atoms with Crippen LogP contribution in [0.15, 0.2) is 35.5 Å². The molecule has 0 N–H and O–H groups in total. The van der Waals surface area contributed by atoms with E-state index >= 15 is 0 Å². The van der Waals surface area contributed by atoms with Crippen molar-refractivity contribution in [3.63, 3.8) is 0 Å². The lowest BCUT2D eigenvalue weighted by atomic mass is 10.1. The molecule has 0 amide bonds. The van der Waals surface area contributed by atoms with Crippen molar-refractivity contribution in [3.8, 4) is 6.07 Å². The molecular weight excluding hydrogens is 182 g/mol. The fraction of sp³-hybridized carbons (Fsp3) is 0.500. The zero-order valence-electron chi connectivity index (χ0n) is 10.7. The van der Waals surface area contributed by atoms with Gasteiger partial charge < -0.3 is 0 Å². The van der Waals surface area contributed by atoms with Gasteiger partial charge in [-0.25, -0.2) is 0 Å². The highest BCUT2D eigenvalue weighted by Crippen LogP contribution is 2.04. The summed E-state index contributed by atoms with van der Waals surface area (Å²) in [6.07, 6.45) is 9.75. The summed E-state index contributed by atoms with van der Waals surface area (Å²) >= 11 is 0. The predicted octanol–water partition coefficient (Wildman–Crippen LogP) is 4.79. The summed E-state index contributed by atoms with van der Waals surface area (Å²) in [5, 5.41) is 8.77. The molecule has 0 fully saturated rings. The summed E-state index contributed by atoms with van der Waals surface area (Å²) in [5.41, 5.74) is 1.96. The molecule has 1 heteroatoms. The van der Waals surface area contributed by atoms with Crippen LogP contribution in [0.25, 0.3) is 0 Å². The van der Waals surface area contributed by atoms with Gasteiger partial charge in [-0.2, -0.15) is 5.26 Å². The summed E-state index contributed by atoms with van der Waals surface area (Å²) < 4.78 is 0. The van der Waals surface area contributed by atoms with E-state index in [1.165, 1.54) is 5.57 Å². The molecule has 0 aliphatic heterocycles. The van der Waals surface area contributed by atoms with E-state index in [2.05, 4.69) is 19.9 Å². The van der Waals surface area contributed by atoms with E-state index in [9.17, 15) is 0 Å². The summed E-state index contributed by atoms with van der Waals surface area (Å²) in [7, 11) is 0. The Morgan fingerprint density at radius 3 is 2.27 bits per heavy atom. The van der Waals surface area contributed by atoms with Crippen molar-refractivity contribution in [1.29, 1.82) is 5.26 Å². The van der Waals surface area contributed by atoms with Crippen LogP contribution < -0.4 is 0 Å². The van der Waals surface area contributed by atoms with Crippen molar-refractivity contribution in [2.75, 3.05) is 0 Å². The van der Waals surface area contributed by atoms with Crippen molar-refractivity contribution in [2.45, 2.75) is 47.5 Å². The van der Waals surface area contributed by atoms with Gasteiger partial charge in [0.05, 0.1) is 11.6 Å². The predicted molar refractivity (Wildman–Crippen MR) is 68.5 cm³/mol. The average Bonchev–Trinajstić information content (AvgIpc) is 2.30. The maximum Gasteiger partial charge on any atom is 0.0991 e. The van der Waals surface area contributed by atoms with E-state index < -0.39 is 0 Å². The average molecular weight is 205 g/mol. The van der Waals surface area contributed by atoms with Crippen LogP contribution in [0.1, 0.15) is 47.5 Å². The molecule has 84 valence electrons. The number of allylic oxidation sites excluding steroid dienone is 6. The van der Waals surface area contributed by atoms with Gasteiger partial charge in [-0.3, -0.25) is 0 Å². The third kappa shape index (κ3) is 10.6. The second kappa shape index (κ2) is 12.7. The fourth-order valence-corrected chi connectivity index (χ4v) is 0.793. The second-order valence-corrected chi connectivity index (χ2v) is 2.91. The van der Waals surface area contributed by atoms with E-state index in [1.54, 1.807) is 0 Å². The van der Waals surface area contributed by atoms with Crippen LogP contribution in [0.5, 0.6) is 0 Å². The van der Waals surface area contributed by atoms with E-state index in [4.69, 9.17) is 5.26 Å². The number of nitriles is 1. The van der Waals surface area contributed by atoms with Gasteiger partial charge >= 0.3 is 0 Å². The summed E-state index contributed by atoms with van der Waals surface area (Å²) in [6.45, 7) is 10.2. The van der Waals surface area contributed by atoms with Gasteiger partial charge in [0.2, 0.25) is 0 Å². The maximum absolute atomic E-state index is 8.77. The topological polar surface area (TPSA) is 23.8 Å². The Morgan fingerprint density at radius 1 is 1.27 bits per heavy atom. The van der Waals surface area contributed by atoms with Crippen molar-refractivity contribution in [1.82, 2.24) is 0 Å². The van der Waals surface area contributed by atoms with Gasteiger partial charge in [0.15, 0.2) is 0 Å². The number of rotatable bonds is 4. The lowest BCUT2D eigenvalue weighted by Crippen LogP contribution is -1.75. The normalized spacial score (nSPS) is 12.0. The SMILES string of the molecule is CC.CC/C=C/C=C(C#N)\C=C(/C)CC. The fourth-order valence-electron chi connectivity index (χ4n) is 0.793. The molecule has 1 nitrogen and oxygen atoms in total. The molecule has 0 aromatic heterocycles. The van der Waals surface area contributed by atoms with E-state index in [0.717, 1.165) is 18.4 Å². The standard InChI is InChI=1S/C12H17N.C2H6/c1-4-6-7-8-12(10-13)9-11(3)5-2;1-2/h6-9H,4-5H2,1-3H3;1-2H3/b7-6+,11-9+,12-8+;. The van der Waals surface area contributed by atoms with Crippen molar-refractivity contribution < 1.29 is 0 Å². The van der Waals surface area contributed by atoms with Crippen LogP contribution in [0.3, 0.4) is 0 Å². The largest absolute Gasteiger partial charge is 0.192 e. The zero-order chi connectivity index (χ0) is 12.1. The Balaban J connectivity index is 0. The minimum atomic E-state index is 0.726. The Morgan fingerprint density at radius 2 is 1.87 bits per heavy atom. The molecule has 0 saturated carbocycles. The van der Waals surface area contributed by atoms with Crippen LogP contribution >= 0.6 is 0 Å². The molecule has 0 aliphatic carbocycles. The molecule has 0 rings (SSSR count). The van der Waals surface area contributed by atoms with Gasteiger partial charge in [-0.1, -0.05) is 45.4 Å². The minimum absolute atomic E-state index is 0.726. The molecule has 0 aromatic carbocycles. The van der Waals surface area contributed by atoms with Crippen LogP contribution in [0.2, 0.25) is 0 Å². The number of hydrogen-bond donors (Lipinski definition) is 0. The number of hydrogen-bond acceptors (Lipinski definition) is 1. The quantitative estimate of drug-likeness (QED) is 0.478. The lowest BCUT2D eigenvalue weighted by Gasteiger charge is -1.92. The van der Waals surface area contributed by atoms with E-state index in [0.29, 0.717) is 0 Å². The smallest absolute Gasteiger partial charge is 0.0991 e. The van der Waals surface area contributed by atoms with Crippen LogP contribution in [0, 0.1) is 11.3 Å². The van der Waals surface area contributed by atoms with Crippen molar-refractivity contribution in [2.24, 2.45) is 0 Å². The summed E-state index contributed by atoms with van der Waals surface area (Å²) in [5.74, 6) is 0. The molecule has 0 heterocycles. The van der Waals surface area contributed by atoms with E-state index in [-0.39, 0.29) is 0 Å². The highest BCUT2D eigenvalue weighted by molar-refractivity contribution is 5.37. The first-order valence-electron chi connectivity index (χ1n) is 5.68. The Hall–Kier alpha value is -1.29. The first-order chi connectivity index (χ1) is 7.24. The molecule has 0 atom stereocenters. The molecule has 15 heavy (non-hydrogen) atoms. The zero-order valence-corrected chi connectivity index (χ0v) is 10.7. The molecule has 0 aliphatic rings. The van der Waals surface area contributed by atoms with Gasteiger partial charge in [-0.15, -0.1) is 0 Å². The third-order valence-corrected chi connectivity index (χ3v) is 1.74. The van der Waals surface area contributed by atoms with Crippen LogP contribution in [0.4, 0.5) is 0 Å². The first kappa shape index (κ1) is 16.2.